The first-order chi connectivity index (χ1) is 16.1. The topological polar surface area (TPSA) is 29.4 Å². The Bertz CT molecular complexity index is 981. The number of carbonyl (C=O) groups excluding carboxylic acids is 1. The van der Waals surface area contributed by atoms with Crippen molar-refractivity contribution in [2.75, 3.05) is 0 Å². The summed E-state index contributed by atoms with van der Waals surface area (Å²) in [6, 6.07) is 10.3. The lowest BCUT2D eigenvalue weighted by atomic mass is 9.58. The summed E-state index contributed by atoms with van der Waals surface area (Å²) in [6.45, 7) is 2.54. The van der Waals surface area contributed by atoms with Crippen LogP contribution in [0, 0.1) is 23.2 Å². The lowest BCUT2D eigenvalue weighted by molar-refractivity contribution is -0.120. The Morgan fingerprint density at radius 1 is 1.06 bits per heavy atom. The lowest BCUT2D eigenvalue weighted by Crippen LogP contribution is -2.38. The maximum atomic E-state index is 12.8. The first-order valence-electron chi connectivity index (χ1n) is 13.3. The van der Waals surface area contributed by atoms with Crippen LogP contribution in [-0.4, -0.2) is 11.5 Å². The zero-order chi connectivity index (χ0) is 22.7. The molecule has 2 fully saturated rings. The van der Waals surface area contributed by atoms with Crippen molar-refractivity contribution in [3.8, 4) is 0 Å². The number of rotatable bonds is 6. The molecule has 4 aliphatic rings. The van der Waals surface area contributed by atoms with E-state index in [2.05, 4.69) is 43.5 Å². The van der Waals surface area contributed by atoms with Crippen molar-refractivity contribution in [1.29, 1.82) is 0 Å². The zero-order valence-electron chi connectivity index (χ0n) is 20.3. The highest BCUT2D eigenvalue weighted by atomic mass is 16.1. The van der Waals surface area contributed by atoms with Gasteiger partial charge in [-0.1, -0.05) is 73.9 Å². The van der Waals surface area contributed by atoms with Gasteiger partial charge in [0.25, 0.3) is 0 Å². The molecule has 0 radical (unpaired) electrons. The molecule has 1 aromatic rings. The van der Waals surface area contributed by atoms with Gasteiger partial charge in [0.05, 0.1) is 5.71 Å². The fraction of sp³-hybridized carbons (Fsp3) is 0.548. The molecule has 5 rings (SSSR count). The Hall–Kier alpha value is -2.22. The summed E-state index contributed by atoms with van der Waals surface area (Å²) in [5.41, 5.74) is 5.91. The third kappa shape index (κ3) is 5.15. The molecule has 0 spiro atoms. The highest BCUT2D eigenvalue weighted by molar-refractivity contribution is 6.06. The second kappa shape index (κ2) is 9.95. The number of nitrogens with zero attached hydrogens (tertiary/aromatic N) is 1. The molecule has 3 aliphatic carbocycles. The number of Topliss-reactive ketones (excluding diaryl/α,β-unsaturated/α-hetero) is 1. The van der Waals surface area contributed by atoms with E-state index < -0.39 is 0 Å². The number of allylic oxidation sites excluding steroid dienone is 5. The largest absolute Gasteiger partial charge is 0.299 e. The lowest BCUT2D eigenvalue weighted by Gasteiger charge is -2.47. The summed E-state index contributed by atoms with van der Waals surface area (Å²) in [6.07, 6.45) is 22.7. The standard InChI is InChI=1S/C31H39NO/c1-31(17-7-11-24(22-31)20-28(33)19-23-9-3-2-4-10-23)27-15-5-13-26(21-27)30-29-16-6-12-25(29)14-8-18-32-30/h2-4,6,8-10,16,18,24,26-27H,5,7,11-15,17,19-22H2,1H3/t24-,26?,27?,31?/m1/s1. The van der Waals surface area contributed by atoms with E-state index in [1.165, 1.54) is 62.7 Å². The first-order valence-corrected chi connectivity index (χ1v) is 13.3. The maximum absolute atomic E-state index is 12.8. The van der Waals surface area contributed by atoms with Gasteiger partial charge in [-0.2, -0.15) is 0 Å². The number of carbonyl (C=O) groups is 1. The molecule has 2 heteroatoms. The van der Waals surface area contributed by atoms with Crippen LogP contribution in [0.25, 0.3) is 0 Å². The SMILES string of the molecule is CC1(C2CCCC(C3=NC=CCC4=C3C=CC4)C2)CCC[C@H](CC(=O)Cc2ccccc2)C1. The van der Waals surface area contributed by atoms with Crippen LogP contribution >= 0.6 is 0 Å². The minimum Gasteiger partial charge on any atom is -0.299 e. The molecule has 2 nitrogen and oxygen atoms in total. The number of ketones is 1. The molecule has 0 N–H and O–H groups in total. The average molecular weight is 442 g/mol. The fourth-order valence-electron chi connectivity index (χ4n) is 7.22. The minimum absolute atomic E-state index is 0.373. The van der Waals surface area contributed by atoms with E-state index in [-0.39, 0.29) is 0 Å². The number of hydrogen-bond acceptors (Lipinski definition) is 2. The van der Waals surface area contributed by atoms with E-state index in [0.717, 1.165) is 30.7 Å². The van der Waals surface area contributed by atoms with Gasteiger partial charge in [0.1, 0.15) is 5.78 Å². The van der Waals surface area contributed by atoms with Crippen LogP contribution in [-0.2, 0) is 11.2 Å². The van der Waals surface area contributed by atoms with Gasteiger partial charge in [-0.15, -0.1) is 0 Å². The molecular weight excluding hydrogens is 402 g/mol. The molecule has 3 unspecified atom stereocenters. The Balaban J connectivity index is 1.24. The van der Waals surface area contributed by atoms with Gasteiger partial charge in [0.15, 0.2) is 0 Å². The van der Waals surface area contributed by atoms with Gasteiger partial charge in [0, 0.05) is 25.0 Å². The van der Waals surface area contributed by atoms with Crippen LogP contribution in [0.1, 0.15) is 83.1 Å². The van der Waals surface area contributed by atoms with Gasteiger partial charge in [0.2, 0.25) is 0 Å². The Labute approximate surface area is 200 Å². The van der Waals surface area contributed by atoms with E-state index in [1.54, 1.807) is 5.57 Å². The first kappa shape index (κ1) is 22.6. The molecule has 1 heterocycles. The van der Waals surface area contributed by atoms with Crippen LogP contribution in [0.5, 0.6) is 0 Å². The van der Waals surface area contributed by atoms with E-state index in [9.17, 15) is 4.79 Å². The van der Waals surface area contributed by atoms with Gasteiger partial charge < -0.3 is 0 Å². The molecule has 0 amide bonds. The molecule has 0 aromatic heterocycles. The highest BCUT2D eigenvalue weighted by Gasteiger charge is 2.42. The van der Waals surface area contributed by atoms with Gasteiger partial charge in [-0.3, -0.25) is 9.79 Å². The maximum Gasteiger partial charge on any atom is 0.137 e. The molecule has 2 saturated carbocycles. The van der Waals surface area contributed by atoms with Crippen molar-refractivity contribution in [2.24, 2.45) is 28.2 Å². The zero-order valence-corrected chi connectivity index (χ0v) is 20.3. The summed E-state index contributed by atoms with van der Waals surface area (Å²) in [5.74, 6) is 2.33. The smallest absolute Gasteiger partial charge is 0.137 e. The number of benzene rings is 1. The van der Waals surface area contributed by atoms with Crippen molar-refractivity contribution in [3.05, 3.63) is 71.5 Å². The van der Waals surface area contributed by atoms with Gasteiger partial charge in [-0.05, 0) is 79.8 Å². The summed E-state index contributed by atoms with van der Waals surface area (Å²) in [7, 11) is 0. The second-order valence-corrected chi connectivity index (χ2v) is 11.3. The predicted molar refractivity (Wildman–Crippen MR) is 137 cm³/mol. The number of hydrogen-bond donors (Lipinski definition) is 0. The summed E-state index contributed by atoms with van der Waals surface area (Å²) < 4.78 is 0. The molecule has 0 bridgehead atoms. The molecule has 0 saturated heterocycles. The van der Waals surface area contributed by atoms with E-state index >= 15 is 0 Å². The van der Waals surface area contributed by atoms with Crippen molar-refractivity contribution in [2.45, 2.75) is 84.0 Å². The third-order valence-corrected chi connectivity index (χ3v) is 8.91. The number of aliphatic imine (C=N–C) groups is 1. The van der Waals surface area contributed by atoms with Crippen LogP contribution in [0.2, 0.25) is 0 Å². The van der Waals surface area contributed by atoms with Crippen LogP contribution in [0.15, 0.2) is 70.9 Å². The van der Waals surface area contributed by atoms with Crippen molar-refractivity contribution < 1.29 is 4.79 Å². The van der Waals surface area contributed by atoms with Gasteiger partial charge >= 0.3 is 0 Å². The van der Waals surface area contributed by atoms with E-state index in [4.69, 9.17) is 4.99 Å². The van der Waals surface area contributed by atoms with Crippen molar-refractivity contribution in [1.82, 2.24) is 0 Å². The molecule has 1 aliphatic heterocycles. The molecule has 4 atom stereocenters. The quantitative estimate of drug-likeness (QED) is 0.443. The highest BCUT2D eigenvalue weighted by Crippen LogP contribution is 2.52. The fourth-order valence-corrected chi connectivity index (χ4v) is 7.22. The Morgan fingerprint density at radius 3 is 2.79 bits per heavy atom. The van der Waals surface area contributed by atoms with Crippen LogP contribution in [0.4, 0.5) is 0 Å². The Kier molecular flexibility index (Phi) is 6.81. The Morgan fingerprint density at radius 2 is 1.91 bits per heavy atom. The second-order valence-electron chi connectivity index (χ2n) is 11.3. The van der Waals surface area contributed by atoms with Crippen LogP contribution < -0.4 is 0 Å². The van der Waals surface area contributed by atoms with Crippen molar-refractivity contribution >= 4 is 11.5 Å². The van der Waals surface area contributed by atoms with E-state index in [1.807, 2.05) is 18.2 Å². The minimum atomic E-state index is 0.373. The summed E-state index contributed by atoms with van der Waals surface area (Å²) in [5, 5.41) is 0. The van der Waals surface area contributed by atoms with E-state index in [0.29, 0.717) is 29.5 Å². The molecule has 1 aromatic carbocycles. The summed E-state index contributed by atoms with van der Waals surface area (Å²) >= 11 is 0. The van der Waals surface area contributed by atoms with Crippen LogP contribution in [0.3, 0.4) is 0 Å². The normalized spacial score (nSPS) is 31.8. The van der Waals surface area contributed by atoms with Gasteiger partial charge in [-0.25, -0.2) is 0 Å². The predicted octanol–water partition coefficient (Wildman–Crippen LogP) is 7.81. The molecule has 174 valence electrons. The molecule has 33 heavy (non-hydrogen) atoms. The monoisotopic (exact) mass is 441 g/mol. The van der Waals surface area contributed by atoms with Crippen molar-refractivity contribution in [3.63, 3.8) is 0 Å². The average Bonchev–Trinajstić information content (AvgIpc) is 3.19. The summed E-state index contributed by atoms with van der Waals surface area (Å²) in [4.78, 5) is 17.8. The molecular formula is C31H39NO. The third-order valence-electron chi connectivity index (χ3n) is 8.91.